The highest BCUT2D eigenvalue weighted by Gasteiger charge is 2.01. The SMILES string of the molecule is Cc1cccc(C=NNC(=O)c2ccccc2)n1. The number of hydrazone groups is 1. The lowest BCUT2D eigenvalue weighted by Gasteiger charge is -1.98. The monoisotopic (exact) mass is 239 g/mol. The van der Waals surface area contributed by atoms with Gasteiger partial charge in [-0.25, -0.2) is 5.43 Å². The van der Waals surface area contributed by atoms with Crippen LogP contribution in [0.1, 0.15) is 21.7 Å². The van der Waals surface area contributed by atoms with Gasteiger partial charge in [-0.3, -0.25) is 9.78 Å². The molecule has 0 bridgehead atoms. The molecule has 2 aromatic rings. The fraction of sp³-hybridized carbons (Fsp3) is 0.0714. The molecular formula is C14H13N3O. The second-order valence-electron chi connectivity index (χ2n) is 3.77. The van der Waals surface area contributed by atoms with E-state index >= 15 is 0 Å². The minimum absolute atomic E-state index is 0.237. The summed E-state index contributed by atoms with van der Waals surface area (Å²) in [7, 11) is 0. The van der Waals surface area contributed by atoms with E-state index in [1.54, 1.807) is 24.3 Å². The number of benzene rings is 1. The van der Waals surface area contributed by atoms with Crippen molar-refractivity contribution < 1.29 is 4.79 Å². The van der Waals surface area contributed by atoms with E-state index in [1.165, 1.54) is 6.21 Å². The Morgan fingerprint density at radius 3 is 2.67 bits per heavy atom. The molecule has 4 nitrogen and oxygen atoms in total. The summed E-state index contributed by atoms with van der Waals surface area (Å²) in [5.41, 5.74) is 4.66. The molecule has 2 rings (SSSR count). The number of aromatic nitrogens is 1. The molecule has 0 saturated carbocycles. The molecule has 1 amide bonds. The minimum Gasteiger partial charge on any atom is -0.267 e. The Hall–Kier alpha value is -2.49. The van der Waals surface area contributed by atoms with Crippen molar-refractivity contribution in [3.63, 3.8) is 0 Å². The van der Waals surface area contributed by atoms with Gasteiger partial charge in [-0.15, -0.1) is 0 Å². The first-order valence-corrected chi connectivity index (χ1v) is 5.58. The number of pyridine rings is 1. The number of amides is 1. The average Bonchev–Trinajstić information content (AvgIpc) is 2.40. The van der Waals surface area contributed by atoms with E-state index in [-0.39, 0.29) is 5.91 Å². The summed E-state index contributed by atoms with van der Waals surface area (Å²) in [4.78, 5) is 15.9. The number of aryl methyl sites for hydroxylation is 1. The van der Waals surface area contributed by atoms with E-state index in [1.807, 2.05) is 31.2 Å². The Bertz CT molecular complexity index is 564. The van der Waals surface area contributed by atoms with E-state index in [0.29, 0.717) is 11.3 Å². The van der Waals surface area contributed by atoms with E-state index in [4.69, 9.17) is 0 Å². The number of nitrogens with one attached hydrogen (secondary N) is 1. The minimum atomic E-state index is -0.237. The Kier molecular flexibility index (Phi) is 3.81. The number of rotatable bonds is 3. The molecule has 1 aromatic carbocycles. The van der Waals surface area contributed by atoms with Crippen LogP contribution in [0.25, 0.3) is 0 Å². The first-order chi connectivity index (χ1) is 8.75. The van der Waals surface area contributed by atoms with E-state index in [0.717, 1.165) is 5.69 Å². The molecule has 4 heteroatoms. The molecule has 0 saturated heterocycles. The number of carbonyl (C=O) groups excluding carboxylic acids is 1. The highest BCUT2D eigenvalue weighted by Crippen LogP contribution is 1.98. The lowest BCUT2D eigenvalue weighted by molar-refractivity contribution is 0.0955. The highest BCUT2D eigenvalue weighted by atomic mass is 16.2. The fourth-order valence-corrected chi connectivity index (χ4v) is 1.45. The largest absolute Gasteiger partial charge is 0.271 e. The fourth-order valence-electron chi connectivity index (χ4n) is 1.45. The van der Waals surface area contributed by atoms with E-state index in [9.17, 15) is 4.79 Å². The molecule has 18 heavy (non-hydrogen) atoms. The average molecular weight is 239 g/mol. The second-order valence-corrected chi connectivity index (χ2v) is 3.77. The second kappa shape index (κ2) is 5.72. The van der Waals surface area contributed by atoms with Crippen LogP contribution in [0.2, 0.25) is 0 Å². The summed E-state index contributed by atoms with van der Waals surface area (Å²) in [5.74, 6) is -0.237. The summed E-state index contributed by atoms with van der Waals surface area (Å²) < 4.78 is 0. The lowest BCUT2D eigenvalue weighted by atomic mass is 10.2. The standard InChI is InChI=1S/C14H13N3O/c1-11-6-5-9-13(16-11)10-15-17-14(18)12-7-3-2-4-8-12/h2-10H,1H3,(H,17,18). The lowest BCUT2D eigenvalue weighted by Crippen LogP contribution is -2.17. The molecule has 1 aromatic heterocycles. The number of hydrogen-bond donors (Lipinski definition) is 1. The molecule has 0 spiro atoms. The van der Waals surface area contributed by atoms with Crippen LogP contribution >= 0.6 is 0 Å². The third-order valence-corrected chi connectivity index (χ3v) is 2.31. The molecule has 0 radical (unpaired) electrons. The van der Waals surface area contributed by atoms with Gasteiger partial charge in [-0.1, -0.05) is 24.3 Å². The first-order valence-electron chi connectivity index (χ1n) is 5.58. The highest BCUT2D eigenvalue weighted by molar-refractivity contribution is 5.94. The zero-order valence-electron chi connectivity index (χ0n) is 10.00. The normalized spacial score (nSPS) is 10.5. The van der Waals surface area contributed by atoms with Crippen LogP contribution < -0.4 is 5.43 Å². The van der Waals surface area contributed by atoms with Crippen LogP contribution in [0.3, 0.4) is 0 Å². The van der Waals surface area contributed by atoms with Crippen LogP contribution in [0.5, 0.6) is 0 Å². The summed E-state index contributed by atoms with van der Waals surface area (Å²) in [6, 6.07) is 14.6. The zero-order valence-corrected chi connectivity index (χ0v) is 10.00. The Morgan fingerprint density at radius 1 is 1.17 bits per heavy atom. The van der Waals surface area contributed by atoms with Gasteiger partial charge in [0.25, 0.3) is 5.91 Å². The Labute approximate surface area is 105 Å². The van der Waals surface area contributed by atoms with Crippen molar-refractivity contribution in [3.05, 3.63) is 65.5 Å². The molecule has 1 heterocycles. The first kappa shape index (κ1) is 12.0. The third-order valence-electron chi connectivity index (χ3n) is 2.31. The van der Waals surface area contributed by atoms with Crippen molar-refractivity contribution in [2.75, 3.05) is 0 Å². The molecule has 0 atom stereocenters. The third kappa shape index (κ3) is 3.25. The molecule has 0 fully saturated rings. The van der Waals surface area contributed by atoms with E-state index < -0.39 is 0 Å². The number of nitrogens with zero attached hydrogens (tertiary/aromatic N) is 2. The van der Waals surface area contributed by atoms with Crippen molar-refractivity contribution in [1.82, 2.24) is 10.4 Å². The Morgan fingerprint density at radius 2 is 1.94 bits per heavy atom. The van der Waals surface area contributed by atoms with Crippen molar-refractivity contribution in [1.29, 1.82) is 0 Å². The predicted molar refractivity (Wildman–Crippen MR) is 70.5 cm³/mol. The van der Waals surface area contributed by atoms with Crippen LogP contribution in [-0.2, 0) is 0 Å². The molecule has 0 aliphatic rings. The van der Waals surface area contributed by atoms with Gasteiger partial charge in [0.2, 0.25) is 0 Å². The maximum atomic E-state index is 11.7. The van der Waals surface area contributed by atoms with Crippen LogP contribution in [-0.4, -0.2) is 17.1 Å². The summed E-state index contributed by atoms with van der Waals surface area (Å²) in [6.45, 7) is 1.90. The van der Waals surface area contributed by atoms with Crippen molar-refractivity contribution in [3.8, 4) is 0 Å². The molecule has 1 N–H and O–H groups in total. The van der Waals surface area contributed by atoms with Crippen LogP contribution in [0.4, 0.5) is 0 Å². The summed E-state index contributed by atoms with van der Waals surface area (Å²) in [5, 5.41) is 3.87. The zero-order chi connectivity index (χ0) is 12.8. The van der Waals surface area contributed by atoms with Crippen LogP contribution in [0.15, 0.2) is 53.6 Å². The van der Waals surface area contributed by atoms with Gasteiger partial charge in [0.1, 0.15) is 0 Å². The van der Waals surface area contributed by atoms with Gasteiger partial charge in [-0.05, 0) is 31.2 Å². The van der Waals surface area contributed by atoms with Gasteiger partial charge in [-0.2, -0.15) is 5.10 Å². The topological polar surface area (TPSA) is 54.4 Å². The number of hydrogen-bond acceptors (Lipinski definition) is 3. The van der Waals surface area contributed by atoms with Crippen LogP contribution in [0, 0.1) is 6.92 Å². The molecule has 0 aliphatic carbocycles. The molecule has 0 unspecified atom stereocenters. The molecular weight excluding hydrogens is 226 g/mol. The van der Waals surface area contributed by atoms with Crippen molar-refractivity contribution in [2.45, 2.75) is 6.92 Å². The maximum absolute atomic E-state index is 11.7. The Balaban J connectivity index is 1.98. The van der Waals surface area contributed by atoms with Gasteiger partial charge in [0, 0.05) is 11.3 Å². The maximum Gasteiger partial charge on any atom is 0.271 e. The smallest absolute Gasteiger partial charge is 0.267 e. The van der Waals surface area contributed by atoms with Gasteiger partial charge in [0.05, 0.1) is 11.9 Å². The van der Waals surface area contributed by atoms with Gasteiger partial charge < -0.3 is 0 Å². The summed E-state index contributed by atoms with van der Waals surface area (Å²) >= 11 is 0. The van der Waals surface area contributed by atoms with Gasteiger partial charge in [0.15, 0.2) is 0 Å². The number of carbonyl (C=O) groups is 1. The molecule has 90 valence electrons. The predicted octanol–water partition coefficient (Wildman–Crippen LogP) is 2.15. The molecule has 0 aliphatic heterocycles. The van der Waals surface area contributed by atoms with Crippen molar-refractivity contribution >= 4 is 12.1 Å². The van der Waals surface area contributed by atoms with Gasteiger partial charge >= 0.3 is 0 Å². The van der Waals surface area contributed by atoms with E-state index in [2.05, 4.69) is 15.5 Å². The quantitative estimate of drug-likeness (QED) is 0.659. The van der Waals surface area contributed by atoms with Crippen molar-refractivity contribution in [2.24, 2.45) is 5.10 Å². The summed E-state index contributed by atoms with van der Waals surface area (Å²) in [6.07, 6.45) is 1.52.